The van der Waals surface area contributed by atoms with Crippen LogP contribution in [0.2, 0.25) is 0 Å². The molecule has 1 aromatic carbocycles. The van der Waals surface area contributed by atoms with Crippen molar-refractivity contribution in [2.24, 2.45) is 18.0 Å². The molecule has 23 heavy (non-hydrogen) atoms. The number of aliphatic imine (C=N–C) groups is 1. The van der Waals surface area contributed by atoms with Gasteiger partial charge in [-0.25, -0.2) is 0 Å². The SMILES string of the molecule is CN=C(NC1CC1Cc1ccccc1)N(C)Cc1cnn(C)c1. The summed E-state index contributed by atoms with van der Waals surface area (Å²) in [5.41, 5.74) is 2.61. The van der Waals surface area contributed by atoms with Gasteiger partial charge < -0.3 is 10.2 Å². The third kappa shape index (κ3) is 4.12. The Hall–Kier alpha value is -2.30. The van der Waals surface area contributed by atoms with Crippen molar-refractivity contribution in [2.45, 2.75) is 25.4 Å². The highest BCUT2D eigenvalue weighted by Gasteiger charge is 2.37. The maximum atomic E-state index is 4.42. The number of nitrogens with one attached hydrogen (secondary N) is 1. The standard InChI is InChI=1S/C18H25N5/c1-19-18(22(2)12-15-11-20-23(3)13-15)21-17-10-16(17)9-14-7-5-4-6-8-14/h4-8,11,13,16-17H,9-10,12H2,1-3H3,(H,19,21). The van der Waals surface area contributed by atoms with Crippen LogP contribution < -0.4 is 5.32 Å². The van der Waals surface area contributed by atoms with E-state index in [0.29, 0.717) is 12.0 Å². The van der Waals surface area contributed by atoms with E-state index in [0.717, 1.165) is 18.9 Å². The van der Waals surface area contributed by atoms with Gasteiger partial charge in [0.05, 0.1) is 6.20 Å². The summed E-state index contributed by atoms with van der Waals surface area (Å²) in [7, 11) is 5.85. The Morgan fingerprint density at radius 1 is 1.35 bits per heavy atom. The van der Waals surface area contributed by atoms with E-state index in [1.807, 2.05) is 31.2 Å². The molecule has 1 fully saturated rings. The van der Waals surface area contributed by atoms with E-state index in [2.05, 4.69) is 57.7 Å². The monoisotopic (exact) mass is 311 g/mol. The van der Waals surface area contributed by atoms with Crippen LogP contribution in [0.3, 0.4) is 0 Å². The Morgan fingerprint density at radius 3 is 2.78 bits per heavy atom. The molecule has 5 heteroatoms. The minimum Gasteiger partial charge on any atom is -0.353 e. The Kier molecular flexibility index (Phi) is 4.65. The number of aryl methyl sites for hydroxylation is 1. The topological polar surface area (TPSA) is 45.5 Å². The molecule has 1 heterocycles. The third-order valence-electron chi connectivity index (χ3n) is 4.33. The van der Waals surface area contributed by atoms with Crippen LogP contribution in [0.15, 0.2) is 47.7 Å². The minimum atomic E-state index is 0.533. The van der Waals surface area contributed by atoms with E-state index in [-0.39, 0.29) is 0 Å². The maximum absolute atomic E-state index is 4.42. The van der Waals surface area contributed by atoms with Gasteiger partial charge in [-0.1, -0.05) is 30.3 Å². The molecule has 1 aliphatic carbocycles. The molecular formula is C18H25N5. The van der Waals surface area contributed by atoms with Crippen LogP contribution in [0, 0.1) is 5.92 Å². The van der Waals surface area contributed by atoms with Gasteiger partial charge in [-0.05, 0) is 24.3 Å². The van der Waals surface area contributed by atoms with E-state index in [9.17, 15) is 0 Å². The van der Waals surface area contributed by atoms with Crippen molar-refractivity contribution < 1.29 is 0 Å². The number of guanidine groups is 1. The molecule has 2 unspecified atom stereocenters. The highest BCUT2D eigenvalue weighted by molar-refractivity contribution is 5.80. The zero-order valence-corrected chi connectivity index (χ0v) is 14.1. The first-order chi connectivity index (χ1) is 11.2. The summed E-state index contributed by atoms with van der Waals surface area (Å²) >= 11 is 0. The number of nitrogens with zero attached hydrogens (tertiary/aromatic N) is 4. The fraction of sp³-hybridized carbons (Fsp3) is 0.444. The number of benzene rings is 1. The minimum absolute atomic E-state index is 0.533. The number of hydrogen-bond donors (Lipinski definition) is 1. The van der Waals surface area contributed by atoms with Crippen LogP contribution in [0.1, 0.15) is 17.5 Å². The van der Waals surface area contributed by atoms with E-state index in [1.54, 1.807) is 0 Å². The second-order valence-corrected chi connectivity index (χ2v) is 6.36. The highest BCUT2D eigenvalue weighted by Crippen LogP contribution is 2.33. The van der Waals surface area contributed by atoms with Crippen molar-refractivity contribution in [2.75, 3.05) is 14.1 Å². The van der Waals surface area contributed by atoms with Gasteiger partial charge in [0.2, 0.25) is 0 Å². The maximum Gasteiger partial charge on any atom is 0.193 e. The van der Waals surface area contributed by atoms with Crippen LogP contribution in [-0.2, 0) is 20.0 Å². The average Bonchev–Trinajstić information content (AvgIpc) is 3.15. The zero-order valence-electron chi connectivity index (χ0n) is 14.1. The molecule has 122 valence electrons. The summed E-state index contributed by atoms with van der Waals surface area (Å²) in [5, 5.41) is 7.80. The van der Waals surface area contributed by atoms with Crippen molar-refractivity contribution in [3.8, 4) is 0 Å². The number of aromatic nitrogens is 2. The average molecular weight is 311 g/mol. The lowest BCUT2D eigenvalue weighted by atomic mass is 10.1. The molecule has 0 radical (unpaired) electrons. The number of rotatable bonds is 5. The molecule has 0 spiro atoms. The van der Waals surface area contributed by atoms with Gasteiger partial charge in [-0.15, -0.1) is 0 Å². The molecule has 1 aliphatic rings. The van der Waals surface area contributed by atoms with Gasteiger partial charge in [-0.2, -0.15) is 5.10 Å². The summed E-state index contributed by atoms with van der Waals surface area (Å²) < 4.78 is 1.83. The lowest BCUT2D eigenvalue weighted by Gasteiger charge is -2.21. The molecule has 0 aliphatic heterocycles. The van der Waals surface area contributed by atoms with Crippen LogP contribution in [0.5, 0.6) is 0 Å². The molecule has 0 amide bonds. The van der Waals surface area contributed by atoms with Crippen LogP contribution >= 0.6 is 0 Å². The molecular weight excluding hydrogens is 286 g/mol. The smallest absolute Gasteiger partial charge is 0.193 e. The predicted octanol–water partition coefficient (Wildman–Crippen LogP) is 2.06. The second kappa shape index (κ2) is 6.86. The van der Waals surface area contributed by atoms with Crippen molar-refractivity contribution >= 4 is 5.96 Å². The summed E-state index contributed by atoms with van der Waals surface area (Å²) in [6.07, 6.45) is 6.30. The van der Waals surface area contributed by atoms with E-state index in [1.165, 1.54) is 17.5 Å². The van der Waals surface area contributed by atoms with Crippen molar-refractivity contribution in [1.29, 1.82) is 0 Å². The van der Waals surface area contributed by atoms with Crippen LogP contribution in [-0.4, -0.2) is 40.8 Å². The van der Waals surface area contributed by atoms with Crippen molar-refractivity contribution in [1.82, 2.24) is 20.0 Å². The third-order valence-corrected chi connectivity index (χ3v) is 4.33. The van der Waals surface area contributed by atoms with E-state index < -0.39 is 0 Å². The van der Waals surface area contributed by atoms with Gasteiger partial charge in [0.25, 0.3) is 0 Å². The van der Waals surface area contributed by atoms with Gasteiger partial charge in [0, 0.05) is 45.5 Å². The molecule has 2 aromatic rings. The fourth-order valence-corrected chi connectivity index (χ4v) is 2.98. The van der Waals surface area contributed by atoms with Crippen LogP contribution in [0.25, 0.3) is 0 Å². The van der Waals surface area contributed by atoms with Gasteiger partial charge in [0.1, 0.15) is 0 Å². The molecule has 1 saturated carbocycles. The molecule has 2 atom stereocenters. The quantitative estimate of drug-likeness (QED) is 0.679. The Bertz CT molecular complexity index is 661. The van der Waals surface area contributed by atoms with Crippen molar-refractivity contribution in [3.05, 3.63) is 53.9 Å². The molecule has 0 bridgehead atoms. The molecule has 3 rings (SSSR count). The second-order valence-electron chi connectivity index (χ2n) is 6.36. The largest absolute Gasteiger partial charge is 0.353 e. The Balaban J connectivity index is 1.50. The van der Waals surface area contributed by atoms with Gasteiger partial charge in [0.15, 0.2) is 5.96 Å². The summed E-state index contributed by atoms with van der Waals surface area (Å²) in [4.78, 5) is 6.56. The Labute approximate surface area is 138 Å². The molecule has 1 N–H and O–H groups in total. The highest BCUT2D eigenvalue weighted by atomic mass is 15.3. The van der Waals surface area contributed by atoms with Gasteiger partial charge in [-0.3, -0.25) is 9.67 Å². The van der Waals surface area contributed by atoms with E-state index in [4.69, 9.17) is 0 Å². The molecule has 1 aromatic heterocycles. The van der Waals surface area contributed by atoms with Crippen LogP contribution in [0.4, 0.5) is 0 Å². The normalized spacial score (nSPS) is 20.4. The number of hydrogen-bond acceptors (Lipinski definition) is 2. The van der Waals surface area contributed by atoms with E-state index >= 15 is 0 Å². The predicted molar refractivity (Wildman–Crippen MR) is 93.2 cm³/mol. The zero-order chi connectivity index (χ0) is 16.2. The molecule has 5 nitrogen and oxygen atoms in total. The summed E-state index contributed by atoms with van der Waals surface area (Å²) in [6.45, 7) is 0.809. The first kappa shape index (κ1) is 15.6. The van der Waals surface area contributed by atoms with Crippen molar-refractivity contribution in [3.63, 3.8) is 0 Å². The fourth-order valence-electron chi connectivity index (χ4n) is 2.98. The lowest BCUT2D eigenvalue weighted by Crippen LogP contribution is -2.40. The summed E-state index contributed by atoms with van der Waals surface area (Å²) in [6, 6.07) is 11.2. The van der Waals surface area contributed by atoms with Gasteiger partial charge >= 0.3 is 0 Å². The first-order valence-electron chi connectivity index (χ1n) is 8.11. The Morgan fingerprint density at radius 2 is 2.13 bits per heavy atom. The summed E-state index contributed by atoms with van der Waals surface area (Å²) in [5.74, 6) is 1.66. The molecule has 0 saturated heterocycles. The lowest BCUT2D eigenvalue weighted by molar-refractivity contribution is 0.473. The first-order valence-corrected chi connectivity index (χ1v) is 8.11.